The van der Waals surface area contributed by atoms with Gasteiger partial charge < -0.3 is 20.2 Å². The van der Waals surface area contributed by atoms with Crippen molar-refractivity contribution in [2.75, 3.05) is 24.2 Å². The summed E-state index contributed by atoms with van der Waals surface area (Å²) in [6.45, 7) is 1.10. The lowest BCUT2D eigenvalue weighted by Crippen LogP contribution is -2.14. The van der Waals surface area contributed by atoms with Crippen molar-refractivity contribution in [2.24, 2.45) is 0 Å². The second-order valence-electron chi connectivity index (χ2n) is 4.95. The third-order valence-electron chi connectivity index (χ3n) is 3.24. The number of aromatic nitrogens is 2. The molecule has 0 atom stereocenters. The molecule has 2 heterocycles. The van der Waals surface area contributed by atoms with E-state index in [0.29, 0.717) is 31.3 Å². The van der Waals surface area contributed by atoms with Crippen LogP contribution < -0.4 is 15.8 Å². The van der Waals surface area contributed by atoms with Crippen molar-refractivity contribution < 1.29 is 9.15 Å². The summed E-state index contributed by atoms with van der Waals surface area (Å²) in [6, 6.07) is 13.4. The van der Waals surface area contributed by atoms with Crippen molar-refractivity contribution in [1.29, 1.82) is 0 Å². The van der Waals surface area contributed by atoms with Gasteiger partial charge in [0, 0.05) is 18.2 Å². The van der Waals surface area contributed by atoms with Gasteiger partial charge in [-0.15, -0.1) is 0 Å². The van der Waals surface area contributed by atoms with Crippen LogP contribution in [0.4, 0.5) is 11.8 Å². The van der Waals surface area contributed by atoms with E-state index in [1.54, 1.807) is 12.5 Å². The first kappa shape index (κ1) is 14.9. The largest absolute Gasteiger partial charge is 0.492 e. The minimum absolute atomic E-state index is 0.447. The molecule has 0 aliphatic heterocycles. The maximum atomic E-state index is 5.97. The van der Waals surface area contributed by atoms with E-state index in [2.05, 4.69) is 15.3 Å². The second kappa shape index (κ2) is 7.31. The molecule has 0 unspecified atom stereocenters. The molecule has 0 saturated heterocycles. The van der Waals surface area contributed by atoms with Gasteiger partial charge in [0.05, 0.1) is 12.8 Å². The average Bonchev–Trinajstić information content (AvgIpc) is 3.08. The summed E-state index contributed by atoms with van der Waals surface area (Å²) < 4.78 is 10.9. The Morgan fingerprint density at radius 2 is 2.00 bits per heavy atom. The van der Waals surface area contributed by atoms with E-state index in [-0.39, 0.29) is 0 Å². The molecule has 6 nitrogen and oxygen atoms in total. The van der Waals surface area contributed by atoms with Crippen LogP contribution in [0.5, 0.6) is 5.75 Å². The molecule has 23 heavy (non-hydrogen) atoms. The van der Waals surface area contributed by atoms with Crippen LogP contribution >= 0.6 is 0 Å². The monoisotopic (exact) mass is 310 g/mol. The smallest absolute Gasteiger partial charge is 0.224 e. The van der Waals surface area contributed by atoms with Crippen molar-refractivity contribution in [2.45, 2.75) is 6.42 Å². The first-order valence-corrected chi connectivity index (χ1v) is 7.37. The molecule has 3 rings (SSSR count). The number of nitrogen functional groups attached to an aromatic ring is 1. The zero-order chi connectivity index (χ0) is 15.9. The SMILES string of the molecule is Nc1nc(NCCOc2ccccc2)ncc1Cc1ccco1. The van der Waals surface area contributed by atoms with E-state index in [4.69, 9.17) is 14.9 Å². The highest BCUT2D eigenvalue weighted by atomic mass is 16.5. The van der Waals surface area contributed by atoms with E-state index in [1.165, 1.54) is 0 Å². The number of hydrogen-bond acceptors (Lipinski definition) is 6. The minimum atomic E-state index is 0.447. The average molecular weight is 310 g/mol. The Balaban J connectivity index is 1.50. The third kappa shape index (κ3) is 4.23. The maximum absolute atomic E-state index is 5.97. The van der Waals surface area contributed by atoms with Gasteiger partial charge in [-0.2, -0.15) is 4.98 Å². The fourth-order valence-electron chi connectivity index (χ4n) is 2.09. The second-order valence-corrected chi connectivity index (χ2v) is 4.95. The normalized spacial score (nSPS) is 10.4. The minimum Gasteiger partial charge on any atom is -0.492 e. The number of para-hydroxylation sites is 1. The number of nitrogens with one attached hydrogen (secondary N) is 1. The first-order chi connectivity index (χ1) is 11.3. The summed E-state index contributed by atoms with van der Waals surface area (Å²) in [5, 5.41) is 3.09. The van der Waals surface area contributed by atoms with E-state index in [9.17, 15) is 0 Å². The van der Waals surface area contributed by atoms with Crippen LogP contribution in [-0.2, 0) is 6.42 Å². The molecule has 118 valence electrons. The zero-order valence-corrected chi connectivity index (χ0v) is 12.6. The molecule has 2 aromatic heterocycles. The van der Waals surface area contributed by atoms with Gasteiger partial charge in [-0.3, -0.25) is 0 Å². The van der Waals surface area contributed by atoms with Crippen molar-refractivity contribution in [3.05, 3.63) is 66.2 Å². The van der Waals surface area contributed by atoms with Crippen LogP contribution in [0.1, 0.15) is 11.3 Å². The van der Waals surface area contributed by atoms with Crippen LogP contribution in [0.25, 0.3) is 0 Å². The molecule has 0 fully saturated rings. The molecule has 1 aromatic carbocycles. The number of nitrogens with two attached hydrogens (primary N) is 1. The molecule has 0 amide bonds. The number of ether oxygens (including phenoxy) is 1. The van der Waals surface area contributed by atoms with Crippen LogP contribution in [-0.4, -0.2) is 23.1 Å². The first-order valence-electron chi connectivity index (χ1n) is 7.37. The van der Waals surface area contributed by atoms with E-state index < -0.39 is 0 Å². The van der Waals surface area contributed by atoms with Crippen molar-refractivity contribution in [3.8, 4) is 5.75 Å². The molecule has 0 saturated carbocycles. The third-order valence-corrected chi connectivity index (χ3v) is 3.24. The van der Waals surface area contributed by atoms with Gasteiger partial charge in [0.1, 0.15) is 23.9 Å². The van der Waals surface area contributed by atoms with Gasteiger partial charge in [0.2, 0.25) is 5.95 Å². The summed E-state index contributed by atoms with van der Waals surface area (Å²) in [4.78, 5) is 8.52. The molecule has 0 spiro atoms. The van der Waals surface area contributed by atoms with Crippen LogP contribution in [0, 0.1) is 0 Å². The van der Waals surface area contributed by atoms with Gasteiger partial charge in [0.25, 0.3) is 0 Å². The number of anilines is 2. The van der Waals surface area contributed by atoms with Crippen molar-refractivity contribution in [1.82, 2.24) is 9.97 Å². The van der Waals surface area contributed by atoms with Gasteiger partial charge >= 0.3 is 0 Å². The van der Waals surface area contributed by atoms with Gasteiger partial charge in [-0.25, -0.2) is 4.98 Å². The molecular weight excluding hydrogens is 292 g/mol. The Kier molecular flexibility index (Phi) is 4.73. The highest BCUT2D eigenvalue weighted by molar-refractivity contribution is 5.44. The Hall–Kier alpha value is -3.02. The lowest BCUT2D eigenvalue weighted by Gasteiger charge is -2.09. The lowest BCUT2D eigenvalue weighted by atomic mass is 10.2. The molecule has 3 N–H and O–H groups in total. The van der Waals surface area contributed by atoms with Crippen LogP contribution in [0.2, 0.25) is 0 Å². The van der Waals surface area contributed by atoms with E-state index in [0.717, 1.165) is 17.1 Å². The topological polar surface area (TPSA) is 86.2 Å². The van der Waals surface area contributed by atoms with Gasteiger partial charge in [-0.1, -0.05) is 18.2 Å². The fourth-order valence-corrected chi connectivity index (χ4v) is 2.09. The predicted octanol–water partition coefficient (Wildman–Crippen LogP) is 2.73. The van der Waals surface area contributed by atoms with E-state index >= 15 is 0 Å². The van der Waals surface area contributed by atoms with Gasteiger partial charge in [0.15, 0.2) is 0 Å². The maximum Gasteiger partial charge on any atom is 0.224 e. The Morgan fingerprint density at radius 3 is 2.74 bits per heavy atom. The molecule has 0 aliphatic rings. The predicted molar refractivity (Wildman–Crippen MR) is 88.4 cm³/mol. The van der Waals surface area contributed by atoms with Gasteiger partial charge in [-0.05, 0) is 24.3 Å². The van der Waals surface area contributed by atoms with Crippen LogP contribution in [0.3, 0.4) is 0 Å². The number of hydrogen-bond donors (Lipinski definition) is 2. The summed E-state index contributed by atoms with van der Waals surface area (Å²) in [6.07, 6.45) is 3.93. The summed E-state index contributed by atoms with van der Waals surface area (Å²) in [5.41, 5.74) is 6.81. The lowest BCUT2D eigenvalue weighted by molar-refractivity contribution is 0.332. The number of furan rings is 1. The molecule has 0 aliphatic carbocycles. The summed E-state index contributed by atoms with van der Waals surface area (Å²) in [5.74, 6) is 2.60. The Labute approximate surface area is 134 Å². The van der Waals surface area contributed by atoms with Crippen molar-refractivity contribution in [3.63, 3.8) is 0 Å². The zero-order valence-electron chi connectivity index (χ0n) is 12.6. The fraction of sp³-hybridized carbons (Fsp3) is 0.176. The Morgan fingerprint density at radius 1 is 1.13 bits per heavy atom. The van der Waals surface area contributed by atoms with Crippen molar-refractivity contribution >= 4 is 11.8 Å². The quantitative estimate of drug-likeness (QED) is 0.653. The molecule has 0 radical (unpaired) electrons. The number of rotatable bonds is 7. The molecule has 0 bridgehead atoms. The summed E-state index contributed by atoms with van der Waals surface area (Å²) >= 11 is 0. The standard InChI is InChI=1S/C17H18N4O2/c18-16-13(11-15-7-4-9-22-15)12-20-17(21-16)19-8-10-23-14-5-2-1-3-6-14/h1-7,9,12H,8,10-11H2,(H3,18,19,20,21). The molecule has 3 aromatic rings. The number of benzene rings is 1. The highest BCUT2D eigenvalue weighted by Gasteiger charge is 2.06. The van der Waals surface area contributed by atoms with E-state index in [1.807, 2.05) is 42.5 Å². The number of nitrogens with zero attached hydrogens (tertiary/aromatic N) is 2. The Bertz CT molecular complexity index is 730. The molecular formula is C17H18N4O2. The highest BCUT2D eigenvalue weighted by Crippen LogP contribution is 2.15. The summed E-state index contributed by atoms with van der Waals surface area (Å²) in [7, 11) is 0. The van der Waals surface area contributed by atoms with Crippen LogP contribution in [0.15, 0.2) is 59.3 Å². The molecule has 6 heteroatoms.